The maximum absolute atomic E-state index is 4.37. The van der Waals surface area contributed by atoms with Crippen LogP contribution in [0.3, 0.4) is 0 Å². The second kappa shape index (κ2) is 7.07. The van der Waals surface area contributed by atoms with E-state index in [4.69, 9.17) is 0 Å². The van der Waals surface area contributed by atoms with Gasteiger partial charge in [-0.05, 0) is 48.4 Å². The van der Waals surface area contributed by atoms with Crippen molar-refractivity contribution in [1.29, 1.82) is 0 Å². The lowest BCUT2D eigenvalue weighted by atomic mass is 9.75. The molecule has 0 radical (unpaired) electrons. The van der Waals surface area contributed by atoms with Gasteiger partial charge in [0.1, 0.15) is 0 Å². The van der Waals surface area contributed by atoms with E-state index in [9.17, 15) is 0 Å². The minimum atomic E-state index is 0.299. The first kappa shape index (κ1) is 14.6. The Morgan fingerprint density at radius 3 is 2.38 bits per heavy atom. The zero-order valence-corrected chi connectivity index (χ0v) is 12.6. The summed E-state index contributed by atoms with van der Waals surface area (Å²) in [7, 11) is 0. The standard InChI is InChI=1S/C13H22S3/c1-13(4-7-16)9-11(2-5-14)8-12(10-13)3-6-15/h8-9,14-16H,2-7,10H2,1H3. The lowest BCUT2D eigenvalue weighted by molar-refractivity contribution is 0.399. The summed E-state index contributed by atoms with van der Waals surface area (Å²) in [6.07, 6.45) is 9.28. The Hall–Kier alpha value is 0.530. The zero-order chi connectivity index (χ0) is 12.0. The first-order chi connectivity index (χ1) is 7.63. The lowest BCUT2D eigenvalue weighted by Crippen LogP contribution is -2.19. The molecule has 0 N–H and O–H groups in total. The molecule has 0 saturated heterocycles. The molecule has 1 atom stereocenters. The van der Waals surface area contributed by atoms with E-state index in [0.717, 1.165) is 36.5 Å². The largest absolute Gasteiger partial charge is 0.179 e. The Labute approximate surface area is 116 Å². The van der Waals surface area contributed by atoms with E-state index in [1.54, 1.807) is 5.57 Å². The second-order valence-electron chi connectivity index (χ2n) is 4.77. The molecule has 1 unspecified atom stereocenters. The van der Waals surface area contributed by atoms with E-state index < -0.39 is 0 Å². The number of thiol groups is 3. The number of hydrogen-bond donors (Lipinski definition) is 3. The highest BCUT2D eigenvalue weighted by molar-refractivity contribution is 7.80. The summed E-state index contributed by atoms with van der Waals surface area (Å²) in [4.78, 5) is 0. The Morgan fingerprint density at radius 2 is 1.81 bits per heavy atom. The highest BCUT2D eigenvalue weighted by Crippen LogP contribution is 2.39. The van der Waals surface area contributed by atoms with Crippen LogP contribution in [0.4, 0.5) is 0 Å². The second-order valence-corrected chi connectivity index (χ2v) is 6.12. The summed E-state index contributed by atoms with van der Waals surface area (Å²) in [6, 6.07) is 0. The van der Waals surface area contributed by atoms with Crippen molar-refractivity contribution in [3.63, 3.8) is 0 Å². The molecule has 3 heteroatoms. The van der Waals surface area contributed by atoms with Gasteiger partial charge >= 0.3 is 0 Å². The van der Waals surface area contributed by atoms with Crippen LogP contribution in [0.1, 0.15) is 32.6 Å². The number of allylic oxidation sites excluding steroid dienone is 4. The van der Waals surface area contributed by atoms with Crippen molar-refractivity contribution in [1.82, 2.24) is 0 Å². The van der Waals surface area contributed by atoms with Gasteiger partial charge < -0.3 is 0 Å². The monoisotopic (exact) mass is 274 g/mol. The number of hydrogen-bond acceptors (Lipinski definition) is 3. The summed E-state index contributed by atoms with van der Waals surface area (Å²) < 4.78 is 0. The summed E-state index contributed by atoms with van der Waals surface area (Å²) in [5.74, 6) is 2.82. The third-order valence-electron chi connectivity index (χ3n) is 3.07. The molecule has 0 aromatic carbocycles. The molecule has 0 heterocycles. The smallest absolute Gasteiger partial charge is 0.00575 e. The third kappa shape index (κ3) is 4.42. The van der Waals surface area contributed by atoms with E-state index in [2.05, 4.69) is 57.0 Å². The molecule has 0 spiro atoms. The molecule has 0 bridgehead atoms. The van der Waals surface area contributed by atoms with Crippen LogP contribution in [0.2, 0.25) is 0 Å². The van der Waals surface area contributed by atoms with Gasteiger partial charge in [-0.1, -0.05) is 30.2 Å². The molecule has 92 valence electrons. The maximum atomic E-state index is 4.37. The fourth-order valence-corrected chi connectivity index (χ4v) is 3.42. The molecular formula is C13H22S3. The van der Waals surface area contributed by atoms with Gasteiger partial charge in [-0.2, -0.15) is 37.9 Å². The molecule has 0 saturated carbocycles. The van der Waals surface area contributed by atoms with Crippen LogP contribution in [0.5, 0.6) is 0 Å². The first-order valence-corrected chi connectivity index (χ1v) is 7.77. The van der Waals surface area contributed by atoms with E-state index >= 15 is 0 Å². The highest BCUT2D eigenvalue weighted by Gasteiger charge is 2.25. The SMILES string of the molecule is CC1(CCS)C=C(CCS)C=C(CCS)C1. The van der Waals surface area contributed by atoms with Crippen molar-refractivity contribution >= 4 is 37.9 Å². The molecular weight excluding hydrogens is 252 g/mol. The van der Waals surface area contributed by atoms with Gasteiger partial charge in [0.25, 0.3) is 0 Å². The van der Waals surface area contributed by atoms with Crippen LogP contribution in [-0.2, 0) is 0 Å². The molecule has 16 heavy (non-hydrogen) atoms. The van der Waals surface area contributed by atoms with Crippen molar-refractivity contribution in [2.45, 2.75) is 32.6 Å². The van der Waals surface area contributed by atoms with Crippen LogP contribution >= 0.6 is 37.9 Å². The summed E-state index contributed by atoms with van der Waals surface area (Å²) in [6.45, 7) is 2.34. The Morgan fingerprint density at radius 1 is 1.12 bits per heavy atom. The maximum Gasteiger partial charge on any atom is -0.00575 e. The normalized spacial score (nSPS) is 25.2. The zero-order valence-electron chi connectivity index (χ0n) is 9.95. The first-order valence-electron chi connectivity index (χ1n) is 5.87. The van der Waals surface area contributed by atoms with E-state index in [0.29, 0.717) is 5.41 Å². The molecule has 1 aliphatic carbocycles. The van der Waals surface area contributed by atoms with Crippen LogP contribution < -0.4 is 0 Å². The average Bonchev–Trinajstić information content (AvgIpc) is 2.17. The minimum Gasteiger partial charge on any atom is -0.179 e. The van der Waals surface area contributed by atoms with Crippen LogP contribution in [0, 0.1) is 5.41 Å². The van der Waals surface area contributed by atoms with Gasteiger partial charge in [-0.15, -0.1) is 0 Å². The number of rotatable bonds is 6. The van der Waals surface area contributed by atoms with Crippen molar-refractivity contribution in [2.75, 3.05) is 17.3 Å². The molecule has 1 rings (SSSR count). The van der Waals surface area contributed by atoms with E-state index in [-0.39, 0.29) is 0 Å². The van der Waals surface area contributed by atoms with E-state index in [1.807, 2.05) is 0 Å². The van der Waals surface area contributed by atoms with Gasteiger partial charge in [-0.3, -0.25) is 0 Å². The summed E-state index contributed by atoms with van der Waals surface area (Å²) >= 11 is 13.0. The molecule has 0 aliphatic heterocycles. The Balaban J connectivity index is 2.81. The van der Waals surface area contributed by atoms with Crippen molar-refractivity contribution in [3.8, 4) is 0 Å². The van der Waals surface area contributed by atoms with Crippen molar-refractivity contribution in [2.24, 2.45) is 5.41 Å². The highest BCUT2D eigenvalue weighted by atomic mass is 32.1. The van der Waals surface area contributed by atoms with Gasteiger partial charge in [0, 0.05) is 0 Å². The average molecular weight is 275 g/mol. The minimum absolute atomic E-state index is 0.299. The molecule has 0 amide bonds. The predicted molar refractivity (Wildman–Crippen MR) is 84.3 cm³/mol. The van der Waals surface area contributed by atoms with Gasteiger partial charge in [0.05, 0.1) is 0 Å². The quantitative estimate of drug-likeness (QED) is 0.594. The Kier molecular flexibility index (Phi) is 6.45. The third-order valence-corrected chi connectivity index (χ3v) is 3.74. The fourth-order valence-electron chi connectivity index (χ4n) is 2.37. The van der Waals surface area contributed by atoms with E-state index in [1.165, 1.54) is 12.0 Å². The van der Waals surface area contributed by atoms with Crippen LogP contribution in [-0.4, -0.2) is 17.3 Å². The van der Waals surface area contributed by atoms with Gasteiger partial charge in [0.15, 0.2) is 0 Å². The lowest BCUT2D eigenvalue weighted by Gasteiger charge is -2.31. The molecule has 0 nitrogen and oxygen atoms in total. The van der Waals surface area contributed by atoms with Crippen LogP contribution in [0.15, 0.2) is 23.3 Å². The van der Waals surface area contributed by atoms with Crippen molar-refractivity contribution in [3.05, 3.63) is 23.3 Å². The fraction of sp³-hybridized carbons (Fsp3) is 0.692. The van der Waals surface area contributed by atoms with Gasteiger partial charge in [-0.25, -0.2) is 0 Å². The Bertz CT molecular complexity index is 281. The molecule has 0 aromatic heterocycles. The summed E-state index contributed by atoms with van der Waals surface area (Å²) in [5, 5.41) is 0. The summed E-state index contributed by atoms with van der Waals surface area (Å²) in [5.41, 5.74) is 3.29. The van der Waals surface area contributed by atoms with Gasteiger partial charge in [0.2, 0.25) is 0 Å². The molecule has 0 aromatic rings. The molecule has 1 aliphatic rings. The predicted octanol–water partition coefficient (Wildman–Crippen LogP) is 4.21. The van der Waals surface area contributed by atoms with Crippen molar-refractivity contribution < 1.29 is 0 Å². The molecule has 0 fully saturated rings. The van der Waals surface area contributed by atoms with Crippen LogP contribution in [0.25, 0.3) is 0 Å². The topological polar surface area (TPSA) is 0 Å².